The van der Waals surface area contributed by atoms with Gasteiger partial charge in [0.25, 0.3) is 11.8 Å². The molecular formula is C21H24N4O6. The number of hydrogen-bond acceptors (Lipinski definition) is 8. The van der Waals surface area contributed by atoms with Crippen LogP contribution in [0.15, 0.2) is 28.7 Å². The second-order valence-corrected chi connectivity index (χ2v) is 7.98. The van der Waals surface area contributed by atoms with Crippen LogP contribution in [0.2, 0.25) is 0 Å². The number of nitrogens with one attached hydrogen (secondary N) is 1. The SMILES string of the molecule is COc1ccc(-c2nnc(COC(=O)CN3C(=O)NC4(CCC(C)CC4)C3=O)o2)cc1. The number of aromatic nitrogens is 2. The van der Waals surface area contributed by atoms with Crippen LogP contribution in [-0.4, -0.2) is 52.2 Å². The van der Waals surface area contributed by atoms with Crippen molar-refractivity contribution in [1.82, 2.24) is 20.4 Å². The van der Waals surface area contributed by atoms with E-state index in [1.165, 1.54) is 0 Å². The summed E-state index contributed by atoms with van der Waals surface area (Å²) >= 11 is 0. The molecule has 10 heteroatoms. The van der Waals surface area contributed by atoms with Crippen molar-refractivity contribution < 1.29 is 28.3 Å². The third-order valence-electron chi connectivity index (χ3n) is 5.82. The maximum absolute atomic E-state index is 12.8. The zero-order chi connectivity index (χ0) is 22.0. The Bertz CT molecular complexity index is 978. The van der Waals surface area contributed by atoms with Gasteiger partial charge in [-0.3, -0.25) is 14.5 Å². The van der Waals surface area contributed by atoms with Gasteiger partial charge in [0.05, 0.1) is 7.11 Å². The molecule has 10 nitrogen and oxygen atoms in total. The van der Waals surface area contributed by atoms with Gasteiger partial charge in [-0.05, 0) is 55.9 Å². The van der Waals surface area contributed by atoms with E-state index in [4.69, 9.17) is 13.9 Å². The molecule has 1 aromatic carbocycles. The van der Waals surface area contributed by atoms with Gasteiger partial charge in [-0.2, -0.15) is 0 Å². The van der Waals surface area contributed by atoms with E-state index < -0.39 is 24.1 Å². The van der Waals surface area contributed by atoms with E-state index in [1.54, 1.807) is 31.4 Å². The van der Waals surface area contributed by atoms with Crippen LogP contribution in [0.25, 0.3) is 11.5 Å². The average molecular weight is 428 g/mol. The highest BCUT2D eigenvalue weighted by molar-refractivity contribution is 6.08. The molecule has 1 spiro atoms. The van der Waals surface area contributed by atoms with E-state index in [0.717, 1.165) is 17.7 Å². The van der Waals surface area contributed by atoms with E-state index in [-0.39, 0.29) is 24.3 Å². The van der Waals surface area contributed by atoms with Crippen LogP contribution < -0.4 is 10.1 Å². The lowest BCUT2D eigenvalue weighted by molar-refractivity contribution is -0.149. The van der Waals surface area contributed by atoms with E-state index in [0.29, 0.717) is 30.1 Å². The Kier molecular flexibility index (Phi) is 5.62. The fraction of sp³-hybridized carbons (Fsp3) is 0.476. The molecule has 1 aliphatic heterocycles. The van der Waals surface area contributed by atoms with Crippen LogP contribution in [0, 0.1) is 5.92 Å². The van der Waals surface area contributed by atoms with Crippen molar-refractivity contribution in [2.45, 2.75) is 44.8 Å². The highest BCUT2D eigenvalue weighted by atomic mass is 16.5. The van der Waals surface area contributed by atoms with Crippen LogP contribution in [-0.2, 0) is 20.9 Å². The Balaban J connectivity index is 1.32. The Hall–Kier alpha value is -3.43. The number of hydrogen-bond donors (Lipinski definition) is 1. The minimum atomic E-state index is -0.885. The van der Waals surface area contributed by atoms with E-state index in [1.807, 2.05) is 0 Å². The Morgan fingerprint density at radius 1 is 1.23 bits per heavy atom. The van der Waals surface area contributed by atoms with Crippen molar-refractivity contribution in [1.29, 1.82) is 0 Å². The molecule has 3 amide bonds. The van der Waals surface area contributed by atoms with Gasteiger partial charge in [0, 0.05) is 5.56 Å². The van der Waals surface area contributed by atoms with Gasteiger partial charge in [-0.1, -0.05) is 6.92 Å². The normalized spacial score (nSPS) is 23.2. The Morgan fingerprint density at radius 3 is 2.61 bits per heavy atom. The summed E-state index contributed by atoms with van der Waals surface area (Å²) in [6, 6.07) is 6.49. The topological polar surface area (TPSA) is 124 Å². The summed E-state index contributed by atoms with van der Waals surface area (Å²) in [5.41, 5.74) is -0.193. The maximum Gasteiger partial charge on any atom is 0.326 e. The van der Waals surface area contributed by atoms with Crippen molar-refractivity contribution in [2.24, 2.45) is 5.92 Å². The van der Waals surface area contributed by atoms with Gasteiger partial charge in [0.15, 0.2) is 6.61 Å². The second-order valence-electron chi connectivity index (χ2n) is 7.98. The number of benzene rings is 1. The van der Waals surface area contributed by atoms with Crippen molar-refractivity contribution in [3.63, 3.8) is 0 Å². The second kappa shape index (κ2) is 8.37. The predicted octanol–water partition coefficient (Wildman–Crippen LogP) is 2.29. The fourth-order valence-electron chi connectivity index (χ4n) is 3.89. The van der Waals surface area contributed by atoms with Crippen molar-refractivity contribution in [3.05, 3.63) is 30.2 Å². The van der Waals surface area contributed by atoms with E-state index >= 15 is 0 Å². The van der Waals surface area contributed by atoms with Crippen LogP contribution in [0.1, 0.15) is 38.5 Å². The molecular weight excluding hydrogens is 404 g/mol. The summed E-state index contributed by atoms with van der Waals surface area (Å²) in [6.07, 6.45) is 2.89. The lowest BCUT2D eigenvalue weighted by atomic mass is 9.77. The first kappa shape index (κ1) is 20.8. The van der Waals surface area contributed by atoms with Gasteiger partial charge in [-0.25, -0.2) is 4.79 Å². The lowest BCUT2D eigenvalue weighted by Gasteiger charge is -2.33. The maximum atomic E-state index is 12.8. The molecule has 1 saturated heterocycles. The molecule has 2 aliphatic rings. The standard InChI is InChI=1S/C21H24N4O6/c1-13-7-9-21(10-8-13)19(27)25(20(28)22-21)11-17(26)30-12-16-23-24-18(31-16)14-3-5-15(29-2)6-4-14/h3-6,13H,7-12H2,1-2H3,(H,22,28). The molecule has 1 saturated carbocycles. The molecule has 0 unspecified atom stereocenters. The largest absolute Gasteiger partial charge is 0.497 e. The summed E-state index contributed by atoms with van der Waals surface area (Å²) in [5, 5.41) is 10.6. The first-order valence-electron chi connectivity index (χ1n) is 10.2. The minimum absolute atomic E-state index is 0.106. The minimum Gasteiger partial charge on any atom is -0.497 e. The highest BCUT2D eigenvalue weighted by Crippen LogP contribution is 2.36. The van der Waals surface area contributed by atoms with Crippen LogP contribution in [0.4, 0.5) is 4.79 Å². The summed E-state index contributed by atoms with van der Waals surface area (Å²) in [7, 11) is 1.57. The number of methoxy groups -OCH3 is 1. The Labute approximate surface area is 178 Å². The number of ether oxygens (including phenoxy) is 2. The van der Waals surface area contributed by atoms with Gasteiger partial charge in [0.1, 0.15) is 17.8 Å². The lowest BCUT2D eigenvalue weighted by Crippen LogP contribution is -2.49. The van der Waals surface area contributed by atoms with Crippen LogP contribution in [0.5, 0.6) is 5.75 Å². The zero-order valence-corrected chi connectivity index (χ0v) is 17.4. The average Bonchev–Trinajstić information content (AvgIpc) is 3.34. The number of imide groups is 1. The summed E-state index contributed by atoms with van der Waals surface area (Å²) in [4.78, 5) is 38.3. The summed E-state index contributed by atoms with van der Waals surface area (Å²) < 4.78 is 15.7. The molecule has 2 fully saturated rings. The molecule has 164 valence electrons. The molecule has 1 N–H and O–H groups in total. The number of carbonyl (C=O) groups is 3. The van der Waals surface area contributed by atoms with E-state index in [2.05, 4.69) is 22.4 Å². The van der Waals surface area contributed by atoms with Crippen molar-refractivity contribution in [3.8, 4) is 17.2 Å². The van der Waals surface area contributed by atoms with Gasteiger partial charge >= 0.3 is 12.0 Å². The number of esters is 1. The number of amides is 3. The molecule has 0 bridgehead atoms. The van der Waals surface area contributed by atoms with Crippen molar-refractivity contribution >= 4 is 17.9 Å². The number of rotatable bonds is 6. The van der Waals surface area contributed by atoms with Crippen LogP contribution in [0.3, 0.4) is 0 Å². The quantitative estimate of drug-likeness (QED) is 0.549. The van der Waals surface area contributed by atoms with E-state index in [9.17, 15) is 14.4 Å². The molecule has 1 aliphatic carbocycles. The molecule has 0 atom stereocenters. The molecule has 0 radical (unpaired) electrons. The predicted molar refractivity (Wildman–Crippen MR) is 107 cm³/mol. The molecule has 2 heterocycles. The summed E-state index contributed by atoms with van der Waals surface area (Å²) in [5.74, 6) is 0.509. The fourth-order valence-corrected chi connectivity index (χ4v) is 3.89. The number of urea groups is 1. The number of carbonyl (C=O) groups excluding carboxylic acids is 3. The van der Waals surface area contributed by atoms with Crippen LogP contribution >= 0.6 is 0 Å². The molecule has 31 heavy (non-hydrogen) atoms. The molecule has 2 aromatic rings. The van der Waals surface area contributed by atoms with Gasteiger partial charge in [-0.15, -0.1) is 10.2 Å². The zero-order valence-electron chi connectivity index (χ0n) is 17.4. The first-order valence-corrected chi connectivity index (χ1v) is 10.2. The number of nitrogens with zero attached hydrogens (tertiary/aromatic N) is 3. The smallest absolute Gasteiger partial charge is 0.326 e. The first-order chi connectivity index (χ1) is 14.9. The van der Waals surface area contributed by atoms with Gasteiger partial charge < -0.3 is 19.2 Å². The third-order valence-corrected chi connectivity index (χ3v) is 5.82. The van der Waals surface area contributed by atoms with Gasteiger partial charge in [0.2, 0.25) is 5.89 Å². The third kappa shape index (κ3) is 4.23. The molecule has 4 rings (SSSR count). The highest BCUT2D eigenvalue weighted by Gasteiger charge is 2.52. The Morgan fingerprint density at radius 2 is 1.94 bits per heavy atom. The molecule has 1 aromatic heterocycles. The summed E-state index contributed by atoms with van der Waals surface area (Å²) in [6.45, 7) is 1.41. The van der Waals surface area contributed by atoms with Crippen molar-refractivity contribution in [2.75, 3.05) is 13.7 Å². The monoisotopic (exact) mass is 428 g/mol.